The van der Waals surface area contributed by atoms with Crippen molar-refractivity contribution in [1.29, 1.82) is 0 Å². The molecule has 0 saturated heterocycles. The number of benzene rings is 1. The van der Waals surface area contributed by atoms with Gasteiger partial charge in [-0.3, -0.25) is 0 Å². The quantitative estimate of drug-likeness (QED) is 0.619. The lowest BCUT2D eigenvalue weighted by Gasteiger charge is -1.98. The van der Waals surface area contributed by atoms with Gasteiger partial charge in [0.2, 0.25) is 9.84 Å². The summed E-state index contributed by atoms with van der Waals surface area (Å²) in [7, 11) is -3.40. The van der Waals surface area contributed by atoms with Crippen LogP contribution in [0, 0.1) is 9.18 Å². The third-order valence-electron chi connectivity index (χ3n) is 1.81. The van der Waals surface area contributed by atoms with Gasteiger partial charge in [-0.2, -0.15) is 0 Å². The molecule has 2 nitrogen and oxygen atoms in total. The van der Waals surface area contributed by atoms with E-state index >= 15 is 0 Å². The molecule has 0 N–H and O–H groups in total. The maximum atomic E-state index is 11.5. The second kappa shape index (κ2) is 4.80. The van der Waals surface area contributed by atoms with Gasteiger partial charge in [0.05, 0.1) is 4.90 Å². The first-order valence-corrected chi connectivity index (χ1v) is 6.62. The van der Waals surface area contributed by atoms with E-state index in [4.69, 9.17) is 0 Å². The third kappa shape index (κ3) is 2.72. The Labute approximate surface area is 97.8 Å². The Bertz CT molecular complexity index is 463. The van der Waals surface area contributed by atoms with Crippen molar-refractivity contribution in [2.75, 3.05) is 0 Å². The van der Waals surface area contributed by atoms with Gasteiger partial charge < -0.3 is 0 Å². The molecule has 1 rings (SSSR count). The Kier molecular flexibility index (Phi) is 3.96. The van der Waals surface area contributed by atoms with Crippen LogP contribution in [0.15, 0.2) is 29.2 Å². The molecular weight excluding hydrogens is 311 g/mol. The maximum absolute atomic E-state index is 11.5. The highest BCUT2D eigenvalue weighted by molar-refractivity contribution is 14.1. The van der Waals surface area contributed by atoms with E-state index in [2.05, 4.69) is 9.18 Å². The second-order valence-corrected chi connectivity index (χ2v) is 4.92. The van der Waals surface area contributed by atoms with E-state index in [9.17, 15) is 8.42 Å². The molecule has 0 spiro atoms. The standard InChI is InChI=1S/C10H9IO2S/c1-2-9-3-5-10(6-4-9)14(12,13)8-7-11/h3-6H,2H2,1H3. The lowest BCUT2D eigenvalue weighted by Crippen LogP contribution is -1.96. The fourth-order valence-electron chi connectivity index (χ4n) is 1.01. The van der Waals surface area contributed by atoms with Crippen molar-refractivity contribution in [1.82, 2.24) is 0 Å². The highest BCUT2D eigenvalue weighted by Gasteiger charge is 2.09. The van der Waals surface area contributed by atoms with Crippen molar-refractivity contribution in [3.8, 4) is 9.18 Å². The van der Waals surface area contributed by atoms with Gasteiger partial charge in [-0.15, -0.1) is 0 Å². The highest BCUT2D eigenvalue weighted by Crippen LogP contribution is 2.12. The first-order chi connectivity index (χ1) is 6.60. The molecule has 14 heavy (non-hydrogen) atoms. The van der Waals surface area contributed by atoms with E-state index < -0.39 is 9.84 Å². The maximum Gasteiger partial charge on any atom is 0.245 e. The zero-order valence-electron chi connectivity index (χ0n) is 7.62. The summed E-state index contributed by atoms with van der Waals surface area (Å²) in [5.41, 5.74) is 1.12. The monoisotopic (exact) mass is 320 g/mol. The minimum absolute atomic E-state index is 0.263. The summed E-state index contributed by atoms with van der Waals surface area (Å²) >= 11 is 1.71. The molecule has 0 bridgehead atoms. The number of hydrogen-bond acceptors (Lipinski definition) is 2. The molecule has 0 radical (unpaired) electrons. The van der Waals surface area contributed by atoms with Gasteiger partial charge in [-0.05, 0) is 28.0 Å². The van der Waals surface area contributed by atoms with E-state index in [1.54, 1.807) is 34.7 Å². The Morgan fingerprint density at radius 1 is 1.29 bits per heavy atom. The van der Waals surface area contributed by atoms with Crippen LogP contribution in [0.4, 0.5) is 0 Å². The number of halogens is 1. The normalized spacial score (nSPS) is 10.4. The zero-order chi connectivity index (χ0) is 10.6. The van der Waals surface area contributed by atoms with E-state index in [1.165, 1.54) is 0 Å². The van der Waals surface area contributed by atoms with Gasteiger partial charge in [0.25, 0.3) is 0 Å². The molecule has 0 heterocycles. The molecule has 74 valence electrons. The Morgan fingerprint density at radius 2 is 1.86 bits per heavy atom. The molecule has 0 fully saturated rings. The molecule has 0 atom stereocenters. The van der Waals surface area contributed by atoms with Gasteiger partial charge in [0.1, 0.15) is 0 Å². The molecule has 0 aliphatic heterocycles. The smallest absolute Gasteiger partial charge is 0.210 e. The van der Waals surface area contributed by atoms with Crippen molar-refractivity contribution in [3.63, 3.8) is 0 Å². The summed E-state index contributed by atoms with van der Waals surface area (Å²) in [6, 6.07) is 6.80. The summed E-state index contributed by atoms with van der Waals surface area (Å²) in [6.07, 6.45) is 0.901. The number of sulfone groups is 1. The first kappa shape index (κ1) is 11.5. The molecule has 0 saturated carbocycles. The third-order valence-corrected chi connectivity index (χ3v) is 3.71. The van der Waals surface area contributed by atoms with Crippen LogP contribution in [0.3, 0.4) is 0 Å². The van der Waals surface area contributed by atoms with E-state index in [0.717, 1.165) is 12.0 Å². The molecule has 1 aromatic carbocycles. The van der Waals surface area contributed by atoms with Gasteiger partial charge in [0.15, 0.2) is 0 Å². The summed E-state index contributed by atoms with van der Waals surface area (Å²) in [4.78, 5) is 0.263. The topological polar surface area (TPSA) is 34.1 Å². The second-order valence-electron chi connectivity index (χ2n) is 2.70. The van der Waals surface area contributed by atoms with Crippen LogP contribution in [-0.4, -0.2) is 8.42 Å². The number of hydrogen-bond donors (Lipinski definition) is 0. The van der Waals surface area contributed by atoms with Crippen LogP contribution < -0.4 is 0 Å². The summed E-state index contributed by atoms with van der Waals surface area (Å²) in [5.74, 6) is 0. The summed E-state index contributed by atoms with van der Waals surface area (Å²) in [6.45, 7) is 2.02. The SMILES string of the molecule is CCc1ccc(S(=O)(=O)C#CI)cc1. The average molecular weight is 320 g/mol. The zero-order valence-corrected chi connectivity index (χ0v) is 10.6. The Balaban J connectivity index is 3.14. The van der Waals surface area contributed by atoms with Crippen molar-refractivity contribution >= 4 is 32.4 Å². The largest absolute Gasteiger partial charge is 0.245 e. The van der Waals surface area contributed by atoms with Gasteiger partial charge in [0, 0.05) is 27.8 Å². The molecule has 1 aromatic rings. The highest BCUT2D eigenvalue weighted by atomic mass is 127. The van der Waals surface area contributed by atoms with Crippen molar-refractivity contribution < 1.29 is 8.42 Å². The lowest BCUT2D eigenvalue weighted by molar-refractivity contribution is 0.606. The fourth-order valence-corrected chi connectivity index (χ4v) is 2.60. The average Bonchev–Trinajstić information content (AvgIpc) is 2.18. The summed E-state index contributed by atoms with van der Waals surface area (Å²) in [5, 5.41) is 2.18. The molecule has 0 unspecified atom stereocenters. The molecule has 0 aromatic heterocycles. The van der Waals surface area contributed by atoms with E-state index in [1.807, 2.05) is 19.1 Å². The van der Waals surface area contributed by atoms with Crippen molar-refractivity contribution in [2.24, 2.45) is 0 Å². The van der Waals surface area contributed by atoms with Crippen molar-refractivity contribution in [2.45, 2.75) is 18.2 Å². The van der Waals surface area contributed by atoms with Crippen molar-refractivity contribution in [3.05, 3.63) is 29.8 Å². The fraction of sp³-hybridized carbons (Fsp3) is 0.200. The Hall–Kier alpha value is -0.540. The van der Waals surface area contributed by atoms with Crippen LogP contribution >= 0.6 is 22.6 Å². The van der Waals surface area contributed by atoms with E-state index in [0.29, 0.717) is 0 Å². The molecule has 0 aliphatic carbocycles. The van der Waals surface area contributed by atoms with Gasteiger partial charge >= 0.3 is 0 Å². The number of rotatable bonds is 2. The van der Waals surface area contributed by atoms with Crippen LogP contribution in [0.1, 0.15) is 12.5 Å². The first-order valence-electron chi connectivity index (χ1n) is 4.06. The van der Waals surface area contributed by atoms with Crippen LogP contribution in [0.2, 0.25) is 0 Å². The number of aryl methyl sites for hydroxylation is 1. The molecule has 0 amide bonds. The molecule has 0 aliphatic rings. The lowest BCUT2D eigenvalue weighted by atomic mass is 10.2. The van der Waals surface area contributed by atoms with Crippen LogP contribution in [0.25, 0.3) is 0 Å². The summed E-state index contributed by atoms with van der Waals surface area (Å²) < 4.78 is 25.3. The van der Waals surface area contributed by atoms with E-state index in [-0.39, 0.29) is 4.90 Å². The predicted octanol–water partition coefficient (Wildman–Crippen LogP) is 2.38. The predicted molar refractivity (Wildman–Crippen MR) is 64.8 cm³/mol. The Morgan fingerprint density at radius 3 is 2.29 bits per heavy atom. The van der Waals surface area contributed by atoms with Crippen LogP contribution in [-0.2, 0) is 16.3 Å². The minimum Gasteiger partial charge on any atom is -0.210 e. The molecule has 4 heteroatoms. The van der Waals surface area contributed by atoms with Crippen LogP contribution in [0.5, 0.6) is 0 Å². The van der Waals surface area contributed by atoms with Gasteiger partial charge in [-0.1, -0.05) is 19.1 Å². The van der Waals surface area contributed by atoms with Gasteiger partial charge in [-0.25, -0.2) is 8.42 Å². The minimum atomic E-state index is -3.40. The molecular formula is C10H9IO2S.